The summed E-state index contributed by atoms with van der Waals surface area (Å²) in [5.41, 5.74) is 2.28. The lowest BCUT2D eigenvalue weighted by Crippen LogP contribution is -2.15. The fraction of sp³-hybridized carbons (Fsp3) is 0.133. The standard InChI is InChI=1S/C15H11Cl3N2O/c16-9-5-6-10(13(18)7-9)14-8-15(20(21)19-14)11-3-1-2-4-12(11)17/h1-7,15,21H,8H2. The summed E-state index contributed by atoms with van der Waals surface area (Å²) in [5, 5.41) is 16.8. The molecule has 2 aromatic rings. The van der Waals surface area contributed by atoms with E-state index in [1.54, 1.807) is 24.3 Å². The monoisotopic (exact) mass is 340 g/mol. The second-order valence-corrected chi connectivity index (χ2v) is 5.98. The van der Waals surface area contributed by atoms with E-state index in [0.717, 1.165) is 16.3 Å². The van der Waals surface area contributed by atoms with Gasteiger partial charge in [-0.3, -0.25) is 5.21 Å². The van der Waals surface area contributed by atoms with Crippen LogP contribution in [0.15, 0.2) is 47.6 Å². The van der Waals surface area contributed by atoms with Gasteiger partial charge in [-0.05, 0) is 23.8 Å². The predicted molar refractivity (Wildman–Crippen MR) is 85.4 cm³/mol. The molecule has 1 aliphatic rings. The predicted octanol–water partition coefficient (Wildman–Crippen LogP) is 5.19. The van der Waals surface area contributed by atoms with Gasteiger partial charge in [0.1, 0.15) is 6.04 Å². The number of hydroxylamine groups is 1. The Bertz CT molecular complexity index is 718. The summed E-state index contributed by atoms with van der Waals surface area (Å²) < 4.78 is 0. The van der Waals surface area contributed by atoms with Gasteiger partial charge < -0.3 is 0 Å². The molecule has 0 aliphatic carbocycles. The van der Waals surface area contributed by atoms with E-state index in [0.29, 0.717) is 27.2 Å². The quantitative estimate of drug-likeness (QED) is 0.816. The summed E-state index contributed by atoms with van der Waals surface area (Å²) in [6, 6.07) is 12.3. The molecular weight excluding hydrogens is 331 g/mol. The van der Waals surface area contributed by atoms with Crippen molar-refractivity contribution in [2.24, 2.45) is 5.10 Å². The maximum Gasteiger partial charge on any atom is 0.107 e. The van der Waals surface area contributed by atoms with Crippen LogP contribution in [0.4, 0.5) is 0 Å². The van der Waals surface area contributed by atoms with Crippen molar-refractivity contribution in [2.75, 3.05) is 0 Å². The number of halogens is 3. The Morgan fingerprint density at radius 1 is 1.05 bits per heavy atom. The Kier molecular flexibility index (Phi) is 4.09. The second-order valence-electron chi connectivity index (χ2n) is 4.73. The number of benzene rings is 2. The Morgan fingerprint density at radius 2 is 1.81 bits per heavy atom. The molecule has 0 spiro atoms. The fourth-order valence-electron chi connectivity index (χ4n) is 2.37. The maximum absolute atomic E-state index is 10.1. The lowest BCUT2D eigenvalue weighted by atomic mass is 9.99. The lowest BCUT2D eigenvalue weighted by molar-refractivity contribution is -0.116. The molecule has 3 rings (SSSR count). The normalized spacial score (nSPS) is 18.0. The fourth-order valence-corrected chi connectivity index (χ4v) is 3.15. The van der Waals surface area contributed by atoms with Crippen LogP contribution in [0.1, 0.15) is 23.6 Å². The highest BCUT2D eigenvalue weighted by Gasteiger charge is 2.30. The third-order valence-electron chi connectivity index (χ3n) is 3.39. The summed E-state index contributed by atoms with van der Waals surface area (Å²) in [6.07, 6.45) is 0.515. The van der Waals surface area contributed by atoms with Crippen molar-refractivity contribution in [2.45, 2.75) is 12.5 Å². The molecule has 1 N–H and O–H groups in total. The largest absolute Gasteiger partial charge is 0.271 e. The number of hydrazone groups is 1. The first-order chi connectivity index (χ1) is 10.1. The zero-order valence-electron chi connectivity index (χ0n) is 10.8. The van der Waals surface area contributed by atoms with E-state index in [1.165, 1.54) is 0 Å². The van der Waals surface area contributed by atoms with Crippen LogP contribution < -0.4 is 0 Å². The maximum atomic E-state index is 10.1. The molecule has 2 aromatic carbocycles. The first-order valence-electron chi connectivity index (χ1n) is 6.31. The van der Waals surface area contributed by atoms with Gasteiger partial charge in [0.05, 0.1) is 10.7 Å². The molecule has 1 heterocycles. The summed E-state index contributed by atoms with van der Waals surface area (Å²) in [4.78, 5) is 0. The molecule has 6 heteroatoms. The Labute approximate surface area is 137 Å². The highest BCUT2D eigenvalue weighted by molar-refractivity contribution is 6.37. The van der Waals surface area contributed by atoms with Gasteiger partial charge in [-0.25, -0.2) is 0 Å². The minimum atomic E-state index is -0.319. The summed E-state index contributed by atoms with van der Waals surface area (Å²) in [5.74, 6) is 0. The highest BCUT2D eigenvalue weighted by Crippen LogP contribution is 2.36. The van der Waals surface area contributed by atoms with Crippen LogP contribution >= 0.6 is 34.8 Å². The minimum Gasteiger partial charge on any atom is -0.271 e. The van der Waals surface area contributed by atoms with E-state index in [-0.39, 0.29) is 6.04 Å². The average Bonchev–Trinajstić information content (AvgIpc) is 2.81. The van der Waals surface area contributed by atoms with Crippen LogP contribution in [0.2, 0.25) is 15.1 Å². The van der Waals surface area contributed by atoms with Gasteiger partial charge in [0, 0.05) is 22.0 Å². The molecule has 0 amide bonds. The molecule has 0 saturated heterocycles. The molecule has 21 heavy (non-hydrogen) atoms. The topological polar surface area (TPSA) is 35.8 Å². The smallest absolute Gasteiger partial charge is 0.107 e. The molecule has 1 aliphatic heterocycles. The molecule has 3 nitrogen and oxygen atoms in total. The van der Waals surface area contributed by atoms with Gasteiger partial charge in [0.15, 0.2) is 0 Å². The first kappa shape index (κ1) is 14.7. The first-order valence-corrected chi connectivity index (χ1v) is 7.45. The van der Waals surface area contributed by atoms with Crippen LogP contribution in [0, 0.1) is 0 Å². The lowest BCUT2D eigenvalue weighted by Gasteiger charge is -2.17. The van der Waals surface area contributed by atoms with Gasteiger partial charge in [0.25, 0.3) is 0 Å². The van der Waals surface area contributed by atoms with Crippen molar-refractivity contribution >= 4 is 40.5 Å². The summed E-state index contributed by atoms with van der Waals surface area (Å²) in [6.45, 7) is 0. The molecule has 0 fully saturated rings. The zero-order valence-corrected chi connectivity index (χ0v) is 13.1. The van der Waals surface area contributed by atoms with Gasteiger partial charge in [0.2, 0.25) is 0 Å². The highest BCUT2D eigenvalue weighted by atomic mass is 35.5. The second kappa shape index (κ2) is 5.85. The Hall–Kier alpha value is -1.26. The Morgan fingerprint density at radius 3 is 2.52 bits per heavy atom. The molecule has 0 radical (unpaired) electrons. The number of nitrogens with zero attached hydrogens (tertiary/aromatic N) is 2. The van der Waals surface area contributed by atoms with Gasteiger partial charge in [-0.2, -0.15) is 10.3 Å². The van der Waals surface area contributed by atoms with Crippen LogP contribution in [0.25, 0.3) is 0 Å². The van der Waals surface area contributed by atoms with E-state index < -0.39 is 0 Å². The van der Waals surface area contributed by atoms with Gasteiger partial charge in [-0.15, -0.1) is 0 Å². The van der Waals surface area contributed by atoms with Crippen LogP contribution in [0.5, 0.6) is 0 Å². The molecule has 0 aromatic heterocycles. The third-order valence-corrected chi connectivity index (χ3v) is 4.29. The molecule has 0 bridgehead atoms. The van der Waals surface area contributed by atoms with Gasteiger partial charge >= 0.3 is 0 Å². The van der Waals surface area contributed by atoms with Crippen LogP contribution in [-0.2, 0) is 0 Å². The average molecular weight is 342 g/mol. The van der Waals surface area contributed by atoms with E-state index in [2.05, 4.69) is 5.10 Å². The SMILES string of the molecule is ON1N=C(c2ccc(Cl)cc2Cl)CC1c1ccccc1Cl. The summed E-state index contributed by atoms with van der Waals surface area (Å²) >= 11 is 18.3. The van der Waals surface area contributed by atoms with E-state index in [4.69, 9.17) is 34.8 Å². The van der Waals surface area contributed by atoms with Crippen LogP contribution in [-0.4, -0.2) is 16.1 Å². The van der Waals surface area contributed by atoms with Crippen molar-refractivity contribution in [1.82, 2.24) is 5.17 Å². The number of rotatable bonds is 2. The molecule has 0 saturated carbocycles. The third kappa shape index (κ3) is 2.87. The van der Waals surface area contributed by atoms with E-state index >= 15 is 0 Å². The molecule has 108 valence electrons. The zero-order chi connectivity index (χ0) is 15.0. The molecular formula is C15H11Cl3N2O. The number of hydrogen-bond donors (Lipinski definition) is 1. The van der Waals surface area contributed by atoms with Crippen molar-refractivity contribution in [1.29, 1.82) is 0 Å². The minimum absolute atomic E-state index is 0.319. The number of hydrogen-bond acceptors (Lipinski definition) is 3. The summed E-state index contributed by atoms with van der Waals surface area (Å²) in [7, 11) is 0. The molecule has 1 unspecified atom stereocenters. The van der Waals surface area contributed by atoms with Gasteiger partial charge in [-0.1, -0.05) is 59.1 Å². The van der Waals surface area contributed by atoms with Crippen molar-refractivity contribution in [3.05, 3.63) is 68.7 Å². The van der Waals surface area contributed by atoms with Crippen LogP contribution in [0.3, 0.4) is 0 Å². The molecule has 1 atom stereocenters. The Balaban J connectivity index is 1.92. The van der Waals surface area contributed by atoms with Crippen molar-refractivity contribution < 1.29 is 5.21 Å². The van der Waals surface area contributed by atoms with Crippen molar-refractivity contribution in [3.8, 4) is 0 Å². The van der Waals surface area contributed by atoms with E-state index in [1.807, 2.05) is 18.2 Å². The van der Waals surface area contributed by atoms with Crippen molar-refractivity contribution in [3.63, 3.8) is 0 Å². The van der Waals surface area contributed by atoms with E-state index in [9.17, 15) is 5.21 Å².